The SMILES string of the molecule is CCN1C(C)=CC(c2csc3ccccc23)n2nnnc21. The Balaban J connectivity index is 1.91. The molecule has 1 aliphatic heterocycles. The highest BCUT2D eigenvalue weighted by Crippen LogP contribution is 2.37. The quantitative estimate of drug-likeness (QED) is 0.728. The fourth-order valence-corrected chi connectivity index (χ4v) is 3.92. The maximum Gasteiger partial charge on any atom is 0.250 e. The van der Waals surface area contributed by atoms with Crippen LogP contribution in [0.1, 0.15) is 25.5 Å². The van der Waals surface area contributed by atoms with Gasteiger partial charge in [-0.2, -0.15) is 4.68 Å². The van der Waals surface area contributed by atoms with E-state index in [1.54, 1.807) is 11.3 Å². The van der Waals surface area contributed by atoms with Crippen molar-refractivity contribution in [3.63, 3.8) is 0 Å². The summed E-state index contributed by atoms with van der Waals surface area (Å²) in [5, 5.41) is 15.8. The summed E-state index contributed by atoms with van der Waals surface area (Å²) in [7, 11) is 0. The lowest BCUT2D eigenvalue weighted by atomic mass is 10.0. The van der Waals surface area contributed by atoms with Gasteiger partial charge < -0.3 is 4.90 Å². The normalized spacial score (nSPS) is 17.9. The monoisotopic (exact) mass is 297 g/mol. The minimum absolute atomic E-state index is 0.0638. The van der Waals surface area contributed by atoms with Crippen molar-refractivity contribution in [3.8, 4) is 0 Å². The van der Waals surface area contributed by atoms with E-state index in [9.17, 15) is 0 Å². The lowest BCUT2D eigenvalue weighted by molar-refractivity contribution is 0.565. The number of benzene rings is 1. The Hall–Kier alpha value is -2.21. The first-order valence-corrected chi connectivity index (χ1v) is 7.87. The van der Waals surface area contributed by atoms with Crippen LogP contribution in [-0.4, -0.2) is 26.8 Å². The number of thiophene rings is 1. The van der Waals surface area contributed by atoms with Gasteiger partial charge in [-0.25, -0.2) is 0 Å². The van der Waals surface area contributed by atoms with Crippen molar-refractivity contribution in [1.29, 1.82) is 0 Å². The van der Waals surface area contributed by atoms with E-state index in [1.165, 1.54) is 21.3 Å². The number of allylic oxidation sites excluding steroid dienone is 2. The molecule has 106 valence electrons. The van der Waals surface area contributed by atoms with Crippen LogP contribution >= 0.6 is 11.3 Å². The van der Waals surface area contributed by atoms with Crippen molar-refractivity contribution in [3.05, 3.63) is 47.0 Å². The van der Waals surface area contributed by atoms with Crippen molar-refractivity contribution in [2.24, 2.45) is 0 Å². The first-order chi connectivity index (χ1) is 10.3. The Morgan fingerprint density at radius 1 is 1.29 bits per heavy atom. The summed E-state index contributed by atoms with van der Waals surface area (Å²) < 4.78 is 3.21. The third kappa shape index (κ3) is 1.79. The van der Waals surface area contributed by atoms with E-state index in [-0.39, 0.29) is 6.04 Å². The van der Waals surface area contributed by atoms with E-state index >= 15 is 0 Å². The molecule has 1 aromatic carbocycles. The molecular weight excluding hydrogens is 282 g/mol. The smallest absolute Gasteiger partial charge is 0.250 e. The number of aromatic nitrogens is 4. The third-order valence-electron chi connectivity index (χ3n) is 3.95. The van der Waals surface area contributed by atoms with Crippen molar-refractivity contribution in [1.82, 2.24) is 20.2 Å². The lowest BCUT2D eigenvalue weighted by Crippen LogP contribution is -2.30. The number of hydrogen-bond donors (Lipinski definition) is 0. The highest BCUT2D eigenvalue weighted by Gasteiger charge is 2.28. The first-order valence-electron chi connectivity index (χ1n) is 6.99. The number of hydrogen-bond acceptors (Lipinski definition) is 5. The van der Waals surface area contributed by atoms with Crippen molar-refractivity contribution < 1.29 is 0 Å². The number of rotatable bonds is 2. The fourth-order valence-electron chi connectivity index (χ4n) is 2.93. The maximum absolute atomic E-state index is 4.21. The number of fused-ring (bicyclic) bond motifs is 2. The predicted octanol–water partition coefficient (Wildman–Crippen LogP) is 3.22. The Labute approximate surface area is 126 Å². The van der Waals surface area contributed by atoms with Gasteiger partial charge in [-0.1, -0.05) is 23.3 Å². The number of tetrazole rings is 1. The van der Waals surface area contributed by atoms with Gasteiger partial charge in [-0.3, -0.25) is 0 Å². The molecule has 4 rings (SSSR count). The second kappa shape index (κ2) is 4.66. The molecule has 2 aromatic heterocycles. The highest BCUT2D eigenvalue weighted by molar-refractivity contribution is 7.17. The molecule has 1 unspecified atom stereocenters. The second-order valence-electron chi connectivity index (χ2n) is 5.11. The molecule has 3 heterocycles. The summed E-state index contributed by atoms with van der Waals surface area (Å²) in [6.07, 6.45) is 2.24. The van der Waals surface area contributed by atoms with Crippen molar-refractivity contribution >= 4 is 27.4 Å². The minimum atomic E-state index is 0.0638. The summed E-state index contributed by atoms with van der Waals surface area (Å²) >= 11 is 1.77. The molecule has 0 spiro atoms. The van der Waals surface area contributed by atoms with Gasteiger partial charge in [0.1, 0.15) is 6.04 Å². The minimum Gasteiger partial charge on any atom is -0.314 e. The predicted molar refractivity (Wildman–Crippen MR) is 84.6 cm³/mol. The largest absolute Gasteiger partial charge is 0.314 e. The van der Waals surface area contributed by atoms with Gasteiger partial charge in [0.05, 0.1) is 0 Å². The zero-order valence-electron chi connectivity index (χ0n) is 11.9. The average molecular weight is 297 g/mol. The molecule has 6 heteroatoms. The number of anilines is 1. The van der Waals surface area contributed by atoms with Gasteiger partial charge in [0, 0.05) is 16.9 Å². The van der Waals surface area contributed by atoms with E-state index in [0.29, 0.717) is 0 Å². The molecule has 0 N–H and O–H groups in total. The Morgan fingerprint density at radius 2 is 2.14 bits per heavy atom. The molecule has 0 fully saturated rings. The van der Waals surface area contributed by atoms with Gasteiger partial charge in [-0.05, 0) is 52.7 Å². The van der Waals surface area contributed by atoms with Crippen molar-refractivity contribution in [2.75, 3.05) is 11.4 Å². The lowest BCUT2D eigenvalue weighted by Gasteiger charge is -2.30. The molecule has 0 radical (unpaired) electrons. The Morgan fingerprint density at radius 3 is 3.00 bits per heavy atom. The van der Waals surface area contributed by atoms with Gasteiger partial charge in [-0.15, -0.1) is 11.3 Å². The zero-order valence-corrected chi connectivity index (χ0v) is 12.7. The van der Waals surface area contributed by atoms with E-state index in [0.717, 1.165) is 12.5 Å². The summed E-state index contributed by atoms with van der Waals surface area (Å²) in [5.41, 5.74) is 2.46. The molecule has 0 aliphatic carbocycles. The van der Waals surface area contributed by atoms with E-state index in [2.05, 4.69) is 70.0 Å². The Kier molecular flexibility index (Phi) is 2.78. The van der Waals surface area contributed by atoms with Crippen LogP contribution < -0.4 is 4.90 Å². The molecule has 3 aromatic rings. The third-order valence-corrected chi connectivity index (χ3v) is 4.93. The van der Waals surface area contributed by atoms with Crippen LogP contribution in [0.5, 0.6) is 0 Å². The summed E-state index contributed by atoms with van der Waals surface area (Å²) in [6.45, 7) is 5.08. The van der Waals surface area contributed by atoms with Crippen LogP contribution in [0, 0.1) is 0 Å². The molecule has 0 saturated heterocycles. The van der Waals surface area contributed by atoms with E-state index in [4.69, 9.17) is 0 Å². The first kappa shape index (κ1) is 12.5. The zero-order chi connectivity index (χ0) is 14.4. The van der Waals surface area contributed by atoms with Crippen LogP contribution in [-0.2, 0) is 0 Å². The van der Waals surface area contributed by atoms with E-state index in [1.807, 2.05) is 4.68 Å². The molecule has 5 nitrogen and oxygen atoms in total. The van der Waals surface area contributed by atoms with Gasteiger partial charge in [0.25, 0.3) is 5.95 Å². The molecule has 0 saturated carbocycles. The summed E-state index contributed by atoms with van der Waals surface area (Å²) in [4.78, 5) is 2.13. The maximum atomic E-state index is 4.21. The van der Waals surface area contributed by atoms with Crippen molar-refractivity contribution in [2.45, 2.75) is 19.9 Å². The van der Waals surface area contributed by atoms with Crippen LogP contribution in [0.15, 0.2) is 41.4 Å². The van der Waals surface area contributed by atoms with E-state index < -0.39 is 0 Å². The standard InChI is InChI=1S/C15H15N5S/c1-3-19-10(2)8-13(20-15(19)16-17-18-20)12-9-21-14-7-5-4-6-11(12)14/h4-9,13H,3H2,1-2H3. The molecule has 1 aliphatic rings. The molecule has 21 heavy (non-hydrogen) atoms. The summed E-state index contributed by atoms with van der Waals surface area (Å²) in [5.74, 6) is 0.817. The molecular formula is C15H15N5S. The van der Waals surface area contributed by atoms with Crippen LogP contribution in [0.25, 0.3) is 10.1 Å². The number of nitrogens with zero attached hydrogens (tertiary/aromatic N) is 5. The highest BCUT2D eigenvalue weighted by atomic mass is 32.1. The summed E-state index contributed by atoms with van der Waals surface area (Å²) in [6, 6.07) is 8.54. The fraction of sp³-hybridized carbons (Fsp3) is 0.267. The van der Waals surface area contributed by atoms with Gasteiger partial charge in [0.2, 0.25) is 0 Å². The second-order valence-corrected chi connectivity index (χ2v) is 6.02. The molecule has 0 bridgehead atoms. The topological polar surface area (TPSA) is 46.8 Å². The van der Waals surface area contributed by atoms with Crippen LogP contribution in [0.3, 0.4) is 0 Å². The van der Waals surface area contributed by atoms with Crippen LogP contribution in [0.4, 0.5) is 5.95 Å². The molecule has 1 atom stereocenters. The van der Waals surface area contributed by atoms with Gasteiger partial charge in [0.15, 0.2) is 0 Å². The van der Waals surface area contributed by atoms with Gasteiger partial charge >= 0.3 is 0 Å². The molecule has 0 amide bonds. The Bertz CT molecular complexity index is 831. The average Bonchev–Trinajstić information content (AvgIpc) is 3.13. The van der Waals surface area contributed by atoms with Crippen LogP contribution in [0.2, 0.25) is 0 Å².